The predicted octanol–water partition coefficient (Wildman–Crippen LogP) is 4.58. The zero-order chi connectivity index (χ0) is 20.5. The van der Waals surface area contributed by atoms with Crippen LogP contribution in [0.4, 0.5) is 5.00 Å². The Kier molecular flexibility index (Phi) is 9.05. The van der Waals surface area contributed by atoms with Gasteiger partial charge in [0.05, 0.1) is 17.9 Å². The molecule has 1 aromatic rings. The van der Waals surface area contributed by atoms with Crippen molar-refractivity contribution in [3.8, 4) is 0 Å². The first-order valence-electron chi connectivity index (χ1n) is 9.47. The average Bonchev–Trinajstić information content (AvgIpc) is 2.99. The molecular formula is C20H27NO5S2. The minimum atomic E-state index is -0.554. The minimum Gasteiger partial charge on any atom is -0.462 e. The van der Waals surface area contributed by atoms with Gasteiger partial charge in [0.1, 0.15) is 16.0 Å². The number of amides is 1. The highest BCUT2D eigenvalue weighted by atomic mass is 32.2. The van der Waals surface area contributed by atoms with Gasteiger partial charge in [0.15, 0.2) is 0 Å². The van der Waals surface area contributed by atoms with Gasteiger partial charge in [-0.15, -0.1) is 29.7 Å². The summed E-state index contributed by atoms with van der Waals surface area (Å²) in [6.45, 7) is 7.22. The summed E-state index contributed by atoms with van der Waals surface area (Å²) in [6, 6.07) is 0. The van der Waals surface area contributed by atoms with Crippen molar-refractivity contribution < 1.29 is 23.9 Å². The molecule has 1 N–H and O–H groups in total. The molecule has 0 saturated heterocycles. The lowest BCUT2D eigenvalue weighted by molar-refractivity contribution is -0.113. The van der Waals surface area contributed by atoms with Crippen molar-refractivity contribution in [2.24, 2.45) is 0 Å². The van der Waals surface area contributed by atoms with Crippen molar-refractivity contribution >= 4 is 45.9 Å². The van der Waals surface area contributed by atoms with Gasteiger partial charge in [-0.3, -0.25) is 4.79 Å². The van der Waals surface area contributed by atoms with Crippen molar-refractivity contribution in [1.29, 1.82) is 0 Å². The van der Waals surface area contributed by atoms with Crippen LogP contribution in [0.5, 0.6) is 0 Å². The van der Waals surface area contributed by atoms with E-state index in [2.05, 4.69) is 11.9 Å². The molecule has 1 heterocycles. The Labute approximate surface area is 174 Å². The van der Waals surface area contributed by atoms with Gasteiger partial charge in [0, 0.05) is 5.75 Å². The molecule has 1 fully saturated rings. The summed E-state index contributed by atoms with van der Waals surface area (Å²) in [5.74, 6) is -0.359. The van der Waals surface area contributed by atoms with E-state index in [9.17, 15) is 14.4 Å². The van der Waals surface area contributed by atoms with E-state index in [0.717, 1.165) is 37.0 Å². The van der Waals surface area contributed by atoms with Crippen LogP contribution in [-0.2, 0) is 14.3 Å². The topological polar surface area (TPSA) is 81.7 Å². The lowest BCUT2D eigenvalue weighted by atomic mass is 9.98. The average molecular weight is 426 g/mol. The van der Waals surface area contributed by atoms with E-state index in [1.807, 2.05) is 0 Å². The monoisotopic (exact) mass is 425 g/mol. The highest BCUT2D eigenvalue weighted by Crippen LogP contribution is 2.35. The van der Waals surface area contributed by atoms with Crippen molar-refractivity contribution in [3.63, 3.8) is 0 Å². The van der Waals surface area contributed by atoms with Crippen LogP contribution < -0.4 is 5.32 Å². The second kappa shape index (κ2) is 11.3. The first-order chi connectivity index (χ1) is 13.5. The van der Waals surface area contributed by atoms with Gasteiger partial charge in [0.25, 0.3) is 0 Å². The van der Waals surface area contributed by atoms with Crippen molar-refractivity contribution in [2.75, 3.05) is 23.4 Å². The molecule has 0 radical (unpaired) electrons. The van der Waals surface area contributed by atoms with Gasteiger partial charge < -0.3 is 14.8 Å². The fourth-order valence-corrected chi connectivity index (χ4v) is 4.67. The lowest BCUT2D eigenvalue weighted by Gasteiger charge is -2.21. The standard InChI is InChI=1S/C20H27NO5S2/c1-4-11-27-12-15(22)21-18-16(19(23)25-5-2)13(3)17(28-18)20(24)26-14-9-7-6-8-10-14/h4,14H,1,5-12H2,2-3H3,(H,21,22). The summed E-state index contributed by atoms with van der Waals surface area (Å²) in [5, 5.41) is 3.07. The molecule has 0 spiro atoms. The molecule has 28 heavy (non-hydrogen) atoms. The summed E-state index contributed by atoms with van der Waals surface area (Å²) in [4.78, 5) is 37.6. The van der Waals surface area contributed by atoms with Crippen LogP contribution in [0.2, 0.25) is 0 Å². The molecule has 2 rings (SSSR count). The normalized spacial score (nSPS) is 14.4. The Morgan fingerprint density at radius 3 is 2.61 bits per heavy atom. The Hall–Kier alpha value is -1.80. The maximum absolute atomic E-state index is 12.7. The van der Waals surface area contributed by atoms with E-state index in [0.29, 0.717) is 21.2 Å². The van der Waals surface area contributed by atoms with E-state index in [-0.39, 0.29) is 29.9 Å². The fraction of sp³-hybridized carbons (Fsp3) is 0.550. The van der Waals surface area contributed by atoms with Gasteiger partial charge in [-0.1, -0.05) is 12.5 Å². The molecule has 8 heteroatoms. The van der Waals surface area contributed by atoms with E-state index < -0.39 is 11.9 Å². The number of thioether (sulfide) groups is 1. The molecule has 0 bridgehead atoms. The second-order valence-corrected chi connectivity index (χ2v) is 8.55. The largest absolute Gasteiger partial charge is 0.462 e. The van der Waals surface area contributed by atoms with E-state index >= 15 is 0 Å². The third kappa shape index (κ3) is 6.10. The number of hydrogen-bond donors (Lipinski definition) is 1. The molecule has 154 valence electrons. The third-order valence-corrected chi connectivity index (χ3v) is 6.48. The highest BCUT2D eigenvalue weighted by molar-refractivity contribution is 8.00. The molecule has 0 atom stereocenters. The van der Waals surface area contributed by atoms with Gasteiger partial charge in [-0.05, 0) is 45.1 Å². The molecular weight excluding hydrogens is 398 g/mol. The molecule has 0 aromatic carbocycles. The maximum Gasteiger partial charge on any atom is 0.348 e. The third-order valence-electron chi connectivity index (χ3n) is 4.36. The minimum absolute atomic E-state index is 0.0814. The van der Waals surface area contributed by atoms with Gasteiger partial charge in [-0.25, -0.2) is 9.59 Å². The quantitative estimate of drug-likeness (QED) is 0.354. The lowest BCUT2D eigenvalue weighted by Crippen LogP contribution is -2.21. The van der Waals surface area contributed by atoms with Crippen LogP contribution >= 0.6 is 23.1 Å². The molecule has 1 aliphatic carbocycles. The van der Waals surface area contributed by atoms with Crippen molar-refractivity contribution in [1.82, 2.24) is 0 Å². The Balaban J connectivity index is 2.20. The molecule has 1 saturated carbocycles. The fourth-order valence-electron chi connectivity index (χ4n) is 3.03. The highest BCUT2D eigenvalue weighted by Gasteiger charge is 2.29. The SMILES string of the molecule is C=CCSCC(=O)Nc1sc(C(=O)OC2CCCCC2)c(C)c1C(=O)OCC. The van der Waals surface area contributed by atoms with E-state index in [1.165, 1.54) is 18.2 Å². The van der Waals surface area contributed by atoms with Crippen LogP contribution in [0.3, 0.4) is 0 Å². The Morgan fingerprint density at radius 2 is 1.96 bits per heavy atom. The summed E-state index contributed by atoms with van der Waals surface area (Å²) >= 11 is 2.48. The molecule has 6 nitrogen and oxygen atoms in total. The first-order valence-corrected chi connectivity index (χ1v) is 11.4. The molecule has 1 aliphatic rings. The van der Waals surface area contributed by atoms with Gasteiger partial charge in [-0.2, -0.15) is 0 Å². The maximum atomic E-state index is 12.7. The van der Waals surface area contributed by atoms with Crippen molar-refractivity contribution in [2.45, 2.75) is 52.1 Å². The molecule has 0 unspecified atom stereocenters. The van der Waals surface area contributed by atoms with Crippen LogP contribution in [0.1, 0.15) is 64.6 Å². The number of anilines is 1. The number of ether oxygens (including phenoxy) is 2. The zero-order valence-electron chi connectivity index (χ0n) is 16.4. The number of carbonyl (C=O) groups is 3. The number of rotatable bonds is 9. The molecule has 0 aliphatic heterocycles. The second-order valence-electron chi connectivity index (χ2n) is 6.50. The predicted molar refractivity (Wildman–Crippen MR) is 113 cm³/mol. The van der Waals surface area contributed by atoms with Crippen LogP contribution in [-0.4, -0.2) is 42.1 Å². The van der Waals surface area contributed by atoms with E-state index in [1.54, 1.807) is 19.9 Å². The van der Waals surface area contributed by atoms with Gasteiger partial charge >= 0.3 is 11.9 Å². The van der Waals surface area contributed by atoms with Crippen molar-refractivity contribution in [3.05, 3.63) is 28.7 Å². The van der Waals surface area contributed by atoms with Gasteiger partial charge in [0.2, 0.25) is 5.91 Å². The number of thiophene rings is 1. The summed E-state index contributed by atoms with van der Waals surface area (Å²) < 4.78 is 10.8. The smallest absolute Gasteiger partial charge is 0.348 e. The number of esters is 2. The first kappa shape index (κ1) is 22.5. The summed E-state index contributed by atoms with van der Waals surface area (Å²) in [6.07, 6.45) is 6.64. The number of carbonyl (C=O) groups excluding carboxylic acids is 3. The zero-order valence-corrected chi connectivity index (χ0v) is 18.0. The Morgan fingerprint density at radius 1 is 1.25 bits per heavy atom. The summed E-state index contributed by atoms with van der Waals surface area (Å²) in [7, 11) is 0. The van der Waals surface area contributed by atoms with Crippen LogP contribution in [0, 0.1) is 6.92 Å². The molecule has 1 aromatic heterocycles. The Bertz CT molecular complexity index is 722. The van der Waals surface area contributed by atoms with Crippen LogP contribution in [0.25, 0.3) is 0 Å². The molecule has 1 amide bonds. The number of nitrogens with one attached hydrogen (secondary N) is 1. The van der Waals surface area contributed by atoms with E-state index in [4.69, 9.17) is 9.47 Å². The van der Waals surface area contributed by atoms with Crippen LogP contribution in [0.15, 0.2) is 12.7 Å². The number of hydrogen-bond acceptors (Lipinski definition) is 7. The summed E-state index contributed by atoms with van der Waals surface area (Å²) in [5.41, 5.74) is 0.711.